The molecule has 2 heterocycles. The fourth-order valence-electron chi connectivity index (χ4n) is 4.34. The highest BCUT2D eigenvalue weighted by Gasteiger charge is 2.47. The minimum atomic E-state index is -0.852. The average Bonchev–Trinajstić information content (AvgIpc) is 3.14. The lowest BCUT2D eigenvalue weighted by Crippen LogP contribution is -2.29. The molecule has 0 radical (unpaired) electrons. The molecule has 162 valence electrons. The molecule has 1 fully saturated rings. The summed E-state index contributed by atoms with van der Waals surface area (Å²) in [6, 6.07) is 22.8. The standard InChI is InChI=1S/C27H20N2O4/c1-33-22-14-5-4-12-20(22)25(30)23-24(18-10-7-15-28-16-18)29(27(32)26(23)31)21-13-6-9-17-8-2-3-11-19(17)21/h2-16,24,30H,1H3/b25-23+. The minimum Gasteiger partial charge on any atom is -0.507 e. The minimum absolute atomic E-state index is 0.00886. The summed E-state index contributed by atoms with van der Waals surface area (Å²) in [6.45, 7) is 0. The Balaban J connectivity index is 1.79. The van der Waals surface area contributed by atoms with Crippen LogP contribution >= 0.6 is 0 Å². The van der Waals surface area contributed by atoms with Crippen LogP contribution in [0.2, 0.25) is 0 Å². The molecule has 0 bridgehead atoms. The summed E-state index contributed by atoms with van der Waals surface area (Å²) in [7, 11) is 1.49. The molecule has 33 heavy (non-hydrogen) atoms. The Bertz CT molecular complexity index is 1410. The summed E-state index contributed by atoms with van der Waals surface area (Å²) in [6.07, 6.45) is 3.22. The van der Waals surface area contributed by atoms with Crippen molar-refractivity contribution in [2.75, 3.05) is 12.0 Å². The summed E-state index contributed by atoms with van der Waals surface area (Å²) in [4.78, 5) is 32.4. The van der Waals surface area contributed by atoms with Gasteiger partial charge in [-0.2, -0.15) is 0 Å². The number of ketones is 1. The second-order valence-corrected chi connectivity index (χ2v) is 7.65. The van der Waals surface area contributed by atoms with E-state index in [2.05, 4.69) is 4.98 Å². The number of fused-ring (bicyclic) bond motifs is 1. The third-order valence-electron chi connectivity index (χ3n) is 5.83. The van der Waals surface area contributed by atoms with Gasteiger partial charge in [-0.25, -0.2) is 0 Å². The fraction of sp³-hybridized carbons (Fsp3) is 0.0741. The van der Waals surface area contributed by atoms with Crippen LogP contribution in [0.3, 0.4) is 0 Å². The zero-order valence-corrected chi connectivity index (χ0v) is 17.8. The maximum absolute atomic E-state index is 13.4. The van der Waals surface area contributed by atoms with Gasteiger partial charge < -0.3 is 9.84 Å². The number of methoxy groups -OCH3 is 1. The van der Waals surface area contributed by atoms with Crippen LogP contribution in [-0.4, -0.2) is 28.9 Å². The fourth-order valence-corrected chi connectivity index (χ4v) is 4.34. The molecule has 5 rings (SSSR count). The maximum Gasteiger partial charge on any atom is 0.300 e. The topological polar surface area (TPSA) is 79.7 Å². The zero-order chi connectivity index (χ0) is 22.9. The molecule has 0 spiro atoms. The Morgan fingerprint density at radius 3 is 2.48 bits per heavy atom. The first-order chi connectivity index (χ1) is 16.1. The van der Waals surface area contributed by atoms with E-state index in [-0.39, 0.29) is 11.3 Å². The largest absolute Gasteiger partial charge is 0.507 e. The molecule has 1 unspecified atom stereocenters. The van der Waals surface area contributed by atoms with Gasteiger partial charge in [-0.3, -0.25) is 19.5 Å². The van der Waals surface area contributed by atoms with E-state index < -0.39 is 17.7 Å². The first kappa shape index (κ1) is 20.5. The van der Waals surface area contributed by atoms with Crippen LogP contribution in [0.5, 0.6) is 5.75 Å². The van der Waals surface area contributed by atoms with Crippen molar-refractivity contribution in [3.8, 4) is 5.75 Å². The first-order valence-corrected chi connectivity index (χ1v) is 10.4. The van der Waals surface area contributed by atoms with Crippen molar-refractivity contribution in [2.45, 2.75) is 6.04 Å². The number of aliphatic hydroxyl groups excluding tert-OH is 1. The van der Waals surface area contributed by atoms with Crippen LogP contribution in [-0.2, 0) is 9.59 Å². The predicted octanol–water partition coefficient (Wildman–Crippen LogP) is 4.87. The van der Waals surface area contributed by atoms with E-state index in [0.717, 1.165) is 10.8 Å². The summed E-state index contributed by atoms with van der Waals surface area (Å²) >= 11 is 0. The van der Waals surface area contributed by atoms with E-state index >= 15 is 0 Å². The number of aliphatic hydroxyl groups is 1. The molecule has 1 atom stereocenters. The van der Waals surface area contributed by atoms with Gasteiger partial charge in [0.2, 0.25) is 0 Å². The normalized spacial score (nSPS) is 17.5. The summed E-state index contributed by atoms with van der Waals surface area (Å²) in [5.41, 5.74) is 1.53. The van der Waals surface area contributed by atoms with Gasteiger partial charge in [0.25, 0.3) is 11.7 Å². The summed E-state index contributed by atoms with van der Waals surface area (Å²) in [5, 5.41) is 13.1. The molecule has 6 heteroatoms. The predicted molar refractivity (Wildman–Crippen MR) is 126 cm³/mol. The lowest BCUT2D eigenvalue weighted by atomic mass is 9.95. The van der Waals surface area contributed by atoms with Crippen LogP contribution in [0.15, 0.2) is 96.8 Å². The van der Waals surface area contributed by atoms with Gasteiger partial charge in [0, 0.05) is 17.8 Å². The van der Waals surface area contributed by atoms with Crippen molar-refractivity contribution in [1.29, 1.82) is 0 Å². The van der Waals surface area contributed by atoms with E-state index in [4.69, 9.17) is 4.74 Å². The highest BCUT2D eigenvalue weighted by atomic mass is 16.5. The van der Waals surface area contributed by atoms with Crippen molar-refractivity contribution >= 4 is 33.9 Å². The lowest BCUT2D eigenvalue weighted by Gasteiger charge is -2.26. The average molecular weight is 436 g/mol. The van der Waals surface area contributed by atoms with E-state index in [0.29, 0.717) is 22.6 Å². The van der Waals surface area contributed by atoms with Crippen molar-refractivity contribution in [1.82, 2.24) is 4.98 Å². The number of benzene rings is 3. The number of anilines is 1. The van der Waals surface area contributed by atoms with Crippen LogP contribution in [0.4, 0.5) is 5.69 Å². The van der Waals surface area contributed by atoms with Crippen LogP contribution in [0, 0.1) is 0 Å². The Labute approximate surface area is 190 Å². The molecule has 1 aromatic heterocycles. The van der Waals surface area contributed by atoms with Crippen molar-refractivity contribution in [3.05, 3.63) is 108 Å². The number of hydrogen-bond acceptors (Lipinski definition) is 5. The van der Waals surface area contributed by atoms with E-state index in [1.807, 2.05) is 36.4 Å². The highest BCUT2D eigenvalue weighted by molar-refractivity contribution is 6.52. The van der Waals surface area contributed by atoms with E-state index in [9.17, 15) is 14.7 Å². The molecule has 1 saturated heterocycles. The van der Waals surface area contributed by atoms with Gasteiger partial charge in [-0.1, -0.05) is 54.6 Å². The zero-order valence-electron chi connectivity index (χ0n) is 17.8. The Morgan fingerprint density at radius 2 is 1.70 bits per heavy atom. The van der Waals surface area contributed by atoms with Crippen molar-refractivity contribution in [2.24, 2.45) is 0 Å². The number of rotatable bonds is 4. The number of amides is 1. The number of para-hydroxylation sites is 1. The number of hydrogen-bond donors (Lipinski definition) is 1. The number of aromatic nitrogens is 1. The molecule has 4 aromatic rings. The Hall–Kier alpha value is -4.45. The second-order valence-electron chi connectivity index (χ2n) is 7.65. The highest BCUT2D eigenvalue weighted by Crippen LogP contribution is 2.44. The number of carbonyl (C=O) groups excluding carboxylic acids is 2. The monoisotopic (exact) mass is 436 g/mol. The molecule has 1 aliphatic rings. The molecule has 1 N–H and O–H groups in total. The molecule has 3 aromatic carbocycles. The molecule has 0 aliphatic carbocycles. The van der Waals surface area contributed by atoms with Gasteiger partial charge >= 0.3 is 0 Å². The molecule has 1 aliphatic heterocycles. The number of carbonyl (C=O) groups is 2. The van der Waals surface area contributed by atoms with Crippen LogP contribution in [0.25, 0.3) is 16.5 Å². The van der Waals surface area contributed by atoms with Gasteiger partial charge in [0.1, 0.15) is 11.5 Å². The van der Waals surface area contributed by atoms with Crippen LogP contribution < -0.4 is 9.64 Å². The van der Waals surface area contributed by atoms with Crippen molar-refractivity contribution < 1.29 is 19.4 Å². The summed E-state index contributed by atoms with van der Waals surface area (Å²) in [5.74, 6) is -1.37. The van der Waals surface area contributed by atoms with Gasteiger partial charge in [0.15, 0.2) is 0 Å². The SMILES string of the molecule is COc1ccccc1/C(O)=C1\C(=O)C(=O)N(c2cccc3ccccc23)C1c1cccnc1. The molecule has 0 saturated carbocycles. The first-order valence-electron chi connectivity index (χ1n) is 10.4. The number of Topliss-reactive ketones (excluding diaryl/α,β-unsaturated/α-hetero) is 1. The van der Waals surface area contributed by atoms with E-state index in [1.54, 1.807) is 54.9 Å². The third-order valence-corrected chi connectivity index (χ3v) is 5.83. The summed E-state index contributed by atoms with van der Waals surface area (Å²) < 4.78 is 5.38. The third kappa shape index (κ3) is 3.32. The smallest absolute Gasteiger partial charge is 0.300 e. The molecule has 1 amide bonds. The molecular weight excluding hydrogens is 416 g/mol. The quantitative estimate of drug-likeness (QED) is 0.281. The van der Waals surface area contributed by atoms with E-state index in [1.165, 1.54) is 12.0 Å². The lowest BCUT2D eigenvalue weighted by molar-refractivity contribution is -0.132. The molecular formula is C27H20N2O4. The number of nitrogens with zero attached hydrogens (tertiary/aromatic N) is 2. The Morgan fingerprint density at radius 1 is 0.939 bits per heavy atom. The second kappa shape index (κ2) is 8.24. The van der Waals surface area contributed by atoms with Gasteiger partial charge in [-0.15, -0.1) is 0 Å². The van der Waals surface area contributed by atoms with Gasteiger partial charge in [0.05, 0.1) is 30.0 Å². The van der Waals surface area contributed by atoms with Gasteiger partial charge in [-0.05, 0) is 35.2 Å². The Kier molecular flexibility index (Phi) is 5.11. The molecule has 6 nitrogen and oxygen atoms in total. The number of pyridine rings is 1. The number of ether oxygens (including phenoxy) is 1. The maximum atomic E-state index is 13.4. The van der Waals surface area contributed by atoms with Crippen LogP contribution in [0.1, 0.15) is 17.2 Å². The van der Waals surface area contributed by atoms with Crippen molar-refractivity contribution in [3.63, 3.8) is 0 Å².